The van der Waals surface area contributed by atoms with Crippen LogP contribution in [0.3, 0.4) is 0 Å². The van der Waals surface area contributed by atoms with Crippen LogP contribution in [0, 0.1) is 0 Å². The predicted molar refractivity (Wildman–Crippen MR) is 51.3 cm³/mol. The number of phosphoric ester groups is 1. The molecule has 98 valence electrons. The van der Waals surface area contributed by atoms with E-state index in [1.54, 1.807) is 0 Å². The number of hydrogen-bond acceptors (Lipinski definition) is 10. The first-order valence-corrected chi connectivity index (χ1v) is 6.94. The summed E-state index contributed by atoms with van der Waals surface area (Å²) >= 11 is 0.411. The molecule has 2 rings (SSSR count). The molecule has 2 bridgehead atoms. The lowest BCUT2D eigenvalue weighted by atomic mass is 10.0. The highest BCUT2D eigenvalue weighted by Gasteiger charge is 2.78. The van der Waals surface area contributed by atoms with Crippen molar-refractivity contribution in [2.75, 3.05) is 12.9 Å². The predicted octanol–water partition coefficient (Wildman–Crippen LogP) is -1.88. The topological polar surface area (TPSA) is 143 Å². The standard InChI is InChI=1S/C6H9O9PS/c1-17-6(11)3(8)5(10)4(9,2-7)13-16(12,14-5)15-6/h7,9-11H,2H2,1H3. The van der Waals surface area contributed by atoms with E-state index in [-0.39, 0.29) is 0 Å². The van der Waals surface area contributed by atoms with Crippen LogP contribution in [0.1, 0.15) is 0 Å². The van der Waals surface area contributed by atoms with Crippen molar-refractivity contribution in [3.8, 4) is 0 Å². The monoisotopic (exact) mass is 288 g/mol. The molecule has 4 N–H and O–H groups in total. The number of carbonyl (C=O) groups excluding carboxylic acids is 1. The van der Waals surface area contributed by atoms with Crippen molar-refractivity contribution in [2.45, 2.75) is 16.7 Å². The molecule has 2 fully saturated rings. The normalized spacial score (nSPS) is 54.1. The van der Waals surface area contributed by atoms with Gasteiger partial charge in [0.05, 0.1) is 0 Å². The number of ketones is 1. The molecule has 0 radical (unpaired) electrons. The second kappa shape index (κ2) is 3.50. The van der Waals surface area contributed by atoms with E-state index in [9.17, 15) is 24.7 Å². The highest BCUT2D eigenvalue weighted by atomic mass is 32.2. The summed E-state index contributed by atoms with van der Waals surface area (Å²) in [6.45, 7) is -1.28. The van der Waals surface area contributed by atoms with Gasteiger partial charge in [-0.25, -0.2) is 18.1 Å². The number of Topliss-reactive ketones (excluding diaryl/α,β-unsaturated/α-hetero) is 1. The van der Waals surface area contributed by atoms with Gasteiger partial charge in [0.1, 0.15) is 6.61 Å². The van der Waals surface area contributed by atoms with Crippen molar-refractivity contribution >= 4 is 25.4 Å². The van der Waals surface area contributed by atoms with E-state index in [0.717, 1.165) is 0 Å². The van der Waals surface area contributed by atoms with Gasteiger partial charge in [-0.05, 0) is 6.26 Å². The van der Waals surface area contributed by atoms with E-state index in [1.165, 1.54) is 6.26 Å². The number of aliphatic hydroxyl groups excluding tert-OH is 1. The minimum Gasteiger partial charge on any atom is -0.391 e. The van der Waals surface area contributed by atoms with Crippen LogP contribution in [-0.2, 0) is 22.9 Å². The Morgan fingerprint density at radius 2 is 1.88 bits per heavy atom. The maximum atomic E-state index is 11.7. The Bertz CT molecular complexity index is 422. The summed E-state index contributed by atoms with van der Waals surface area (Å²) < 4.78 is 24.8. The maximum absolute atomic E-state index is 11.7. The number of rotatable bonds is 2. The molecule has 0 aromatic carbocycles. The Kier molecular flexibility index (Phi) is 2.76. The van der Waals surface area contributed by atoms with Crippen LogP contribution in [0.5, 0.6) is 0 Å². The summed E-state index contributed by atoms with van der Waals surface area (Å²) in [5.41, 5.74) is 0. The molecule has 0 saturated carbocycles. The fraction of sp³-hybridized carbons (Fsp3) is 0.833. The van der Waals surface area contributed by atoms with E-state index >= 15 is 0 Å². The molecule has 9 nitrogen and oxygen atoms in total. The molecular weight excluding hydrogens is 279 g/mol. The summed E-state index contributed by atoms with van der Waals surface area (Å²) in [5.74, 6) is -7.65. The van der Waals surface area contributed by atoms with Gasteiger partial charge in [-0.1, -0.05) is 11.8 Å². The first kappa shape index (κ1) is 13.4. The molecule has 17 heavy (non-hydrogen) atoms. The van der Waals surface area contributed by atoms with E-state index in [2.05, 4.69) is 13.6 Å². The van der Waals surface area contributed by atoms with Crippen LogP contribution in [-0.4, -0.2) is 55.8 Å². The first-order chi connectivity index (χ1) is 7.65. The Morgan fingerprint density at radius 1 is 1.29 bits per heavy atom. The van der Waals surface area contributed by atoms with Crippen molar-refractivity contribution in [2.24, 2.45) is 0 Å². The molecule has 2 saturated heterocycles. The van der Waals surface area contributed by atoms with Gasteiger partial charge in [-0.3, -0.25) is 4.79 Å². The summed E-state index contributed by atoms with van der Waals surface area (Å²) in [7, 11) is -4.55. The minimum absolute atomic E-state index is 0.411. The molecule has 0 amide bonds. The molecule has 4 unspecified atom stereocenters. The largest absolute Gasteiger partial charge is 0.484 e. The molecule has 0 aromatic heterocycles. The van der Waals surface area contributed by atoms with Crippen molar-refractivity contribution in [1.29, 1.82) is 0 Å². The van der Waals surface area contributed by atoms with Gasteiger partial charge in [0.15, 0.2) is 0 Å². The van der Waals surface area contributed by atoms with Gasteiger partial charge in [-0.15, -0.1) is 0 Å². The van der Waals surface area contributed by atoms with E-state index in [0.29, 0.717) is 11.8 Å². The summed E-state index contributed by atoms with van der Waals surface area (Å²) in [6, 6.07) is 0. The van der Waals surface area contributed by atoms with Gasteiger partial charge in [0.25, 0.3) is 16.7 Å². The molecule has 11 heteroatoms. The summed E-state index contributed by atoms with van der Waals surface area (Å²) in [6.07, 6.45) is 1.23. The van der Waals surface area contributed by atoms with Crippen LogP contribution < -0.4 is 0 Å². The van der Waals surface area contributed by atoms with Gasteiger partial charge in [0.2, 0.25) is 0 Å². The van der Waals surface area contributed by atoms with Crippen LogP contribution in [0.15, 0.2) is 0 Å². The van der Waals surface area contributed by atoms with Crippen LogP contribution in [0.4, 0.5) is 0 Å². The number of thioether (sulfide) groups is 1. The first-order valence-electron chi connectivity index (χ1n) is 4.25. The zero-order valence-electron chi connectivity index (χ0n) is 8.39. The van der Waals surface area contributed by atoms with E-state index < -0.39 is 36.9 Å². The van der Waals surface area contributed by atoms with Crippen molar-refractivity contribution < 1.29 is 43.4 Å². The number of hydrogen-bond donors (Lipinski definition) is 4. The summed E-state index contributed by atoms with van der Waals surface area (Å²) in [5, 5.41) is 35.3. The van der Waals surface area contributed by atoms with E-state index in [4.69, 9.17) is 5.11 Å². The fourth-order valence-electron chi connectivity index (χ4n) is 1.43. The van der Waals surface area contributed by atoms with Gasteiger partial charge in [-0.2, -0.15) is 0 Å². The van der Waals surface area contributed by atoms with Crippen LogP contribution in [0.2, 0.25) is 0 Å². The fourth-order valence-corrected chi connectivity index (χ4v) is 3.92. The molecule has 0 aromatic rings. The smallest absolute Gasteiger partial charge is 0.391 e. The second-order valence-electron chi connectivity index (χ2n) is 3.42. The third kappa shape index (κ3) is 1.54. The highest BCUT2D eigenvalue weighted by molar-refractivity contribution is 8.00. The maximum Gasteiger partial charge on any atom is 0.484 e. The molecular formula is C6H9O9PS. The number of fused-ring (bicyclic) bond motifs is 2. The molecule has 2 aliphatic heterocycles. The Balaban J connectivity index is 2.57. The second-order valence-corrected chi connectivity index (χ2v) is 5.83. The average molecular weight is 288 g/mol. The van der Waals surface area contributed by atoms with Gasteiger partial charge < -0.3 is 20.4 Å². The third-order valence-electron chi connectivity index (χ3n) is 2.36. The van der Waals surface area contributed by atoms with Crippen molar-refractivity contribution in [3.05, 3.63) is 0 Å². The lowest BCUT2D eigenvalue weighted by molar-refractivity contribution is -0.296. The average Bonchev–Trinajstić information content (AvgIpc) is 2.43. The van der Waals surface area contributed by atoms with Crippen LogP contribution >= 0.6 is 19.6 Å². The van der Waals surface area contributed by atoms with Crippen LogP contribution in [0.25, 0.3) is 0 Å². The van der Waals surface area contributed by atoms with E-state index in [1.807, 2.05) is 0 Å². The summed E-state index contributed by atoms with van der Waals surface area (Å²) in [4.78, 5) is 11.7. The third-order valence-corrected chi connectivity index (χ3v) is 4.80. The molecule has 2 heterocycles. The van der Waals surface area contributed by atoms with Gasteiger partial charge in [0, 0.05) is 0 Å². The molecule has 4 atom stereocenters. The van der Waals surface area contributed by atoms with Crippen molar-refractivity contribution in [3.63, 3.8) is 0 Å². The Morgan fingerprint density at radius 3 is 2.35 bits per heavy atom. The number of carbonyl (C=O) groups is 1. The van der Waals surface area contributed by atoms with Gasteiger partial charge >= 0.3 is 13.6 Å². The molecule has 0 aliphatic carbocycles. The Labute approximate surface area is 98.9 Å². The zero-order chi connectivity index (χ0) is 13.1. The SMILES string of the molecule is CSC1(O)OP2(=O)OC(O)(CO)C(O)(O2)C1=O. The van der Waals surface area contributed by atoms with Crippen molar-refractivity contribution in [1.82, 2.24) is 0 Å². The lowest BCUT2D eigenvalue weighted by Gasteiger charge is -2.36. The highest BCUT2D eigenvalue weighted by Crippen LogP contribution is 2.70. The minimum atomic E-state index is -4.55. The molecule has 2 aliphatic rings. The number of aliphatic hydroxyl groups is 4. The zero-order valence-corrected chi connectivity index (χ0v) is 10.1. The molecule has 0 spiro atoms. The Hall–Kier alpha value is -0.0300. The quantitative estimate of drug-likeness (QED) is 0.336. The lowest BCUT2D eigenvalue weighted by Crippen LogP contribution is -2.65. The number of phosphoric acid groups is 1.